The van der Waals surface area contributed by atoms with E-state index < -0.39 is 0 Å². The maximum Gasteiger partial charge on any atom is 0.312 e. The minimum atomic E-state index is -0.254. The summed E-state index contributed by atoms with van der Waals surface area (Å²) in [5.74, 6) is 0.0835. The average Bonchev–Trinajstić information content (AvgIpc) is 3.00. The highest BCUT2D eigenvalue weighted by Gasteiger charge is 2.14. The van der Waals surface area contributed by atoms with Gasteiger partial charge >= 0.3 is 5.95 Å². The predicted molar refractivity (Wildman–Crippen MR) is 103 cm³/mol. The molecule has 0 unspecified atom stereocenters. The van der Waals surface area contributed by atoms with E-state index in [0.29, 0.717) is 11.6 Å². The molecule has 4 aromatic rings. The molecule has 122 valence electrons. The fourth-order valence-corrected chi connectivity index (χ4v) is 3.00. The second-order valence-corrected chi connectivity index (χ2v) is 6.33. The van der Waals surface area contributed by atoms with E-state index in [9.17, 15) is 5.11 Å². The molecule has 0 bridgehead atoms. The molecule has 4 rings (SSSR count). The number of benzene rings is 3. The van der Waals surface area contributed by atoms with Gasteiger partial charge in [-0.05, 0) is 51.0 Å². The number of nitrogens with zero attached hydrogens (tertiary/aromatic N) is 2. The Bertz CT molecular complexity index is 1090. The topological polar surface area (TPSA) is 58.6 Å². The Kier molecular flexibility index (Phi) is 4.07. The summed E-state index contributed by atoms with van der Waals surface area (Å²) >= 11 is 3.45. The molecule has 0 spiro atoms. The summed E-state index contributed by atoms with van der Waals surface area (Å²) in [5.41, 5.74) is 1.84. The van der Waals surface area contributed by atoms with E-state index in [-0.39, 0.29) is 5.95 Å². The molecule has 0 fully saturated rings. The Hall–Kier alpha value is -2.92. The number of hydrogen-bond donors (Lipinski definition) is 1. The van der Waals surface area contributed by atoms with E-state index in [1.807, 2.05) is 60.7 Å². The smallest absolute Gasteiger partial charge is 0.312 e. The van der Waals surface area contributed by atoms with E-state index in [1.54, 1.807) is 0 Å². The molecule has 5 heteroatoms. The summed E-state index contributed by atoms with van der Waals surface area (Å²) in [6.45, 7) is 0. The van der Waals surface area contributed by atoms with Gasteiger partial charge < -0.3 is 9.52 Å². The number of aromatic nitrogens is 1. The van der Waals surface area contributed by atoms with Gasteiger partial charge in [0.25, 0.3) is 0 Å². The average molecular weight is 393 g/mol. The number of aliphatic imine (C=N–C) groups is 1. The van der Waals surface area contributed by atoms with Gasteiger partial charge in [-0.3, -0.25) is 4.99 Å². The molecule has 1 aromatic heterocycles. The van der Waals surface area contributed by atoms with Crippen molar-refractivity contribution in [1.29, 1.82) is 0 Å². The molecule has 0 aliphatic carbocycles. The lowest BCUT2D eigenvalue weighted by atomic mass is 10.1. The zero-order chi connectivity index (χ0) is 17.2. The minimum Gasteiger partial charge on any atom is -0.479 e. The van der Waals surface area contributed by atoms with E-state index in [2.05, 4.69) is 32.0 Å². The largest absolute Gasteiger partial charge is 0.479 e. The fraction of sp³-hybridized carbons (Fsp3) is 0. The molecule has 25 heavy (non-hydrogen) atoms. The first-order valence-electron chi connectivity index (χ1n) is 7.68. The normalized spacial score (nSPS) is 11.4. The van der Waals surface area contributed by atoms with Crippen molar-refractivity contribution in [3.8, 4) is 17.4 Å². The number of oxazole rings is 1. The number of rotatable bonds is 3. The molecule has 0 saturated heterocycles. The number of fused-ring (bicyclic) bond motifs is 1. The second kappa shape index (κ2) is 6.53. The van der Waals surface area contributed by atoms with E-state index in [0.717, 1.165) is 26.5 Å². The Morgan fingerprint density at radius 2 is 1.72 bits per heavy atom. The third-order valence-electron chi connectivity index (χ3n) is 3.81. The highest BCUT2D eigenvalue weighted by molar-refractivity contribution is 9.10. The monoisotopic (exact) mass is 392 g/mol. The van der Waals surface area contributed by atoms with Gasteiger partial charge in [-0.1, -0.05) is 42.5 Å². The van der Waals surface area contributed by atoms with Gasteiger partial charge in [0, 0.05) is 4.47 Å². The van der Waals surface area contributed by atoms with Gasteiger partial charge in [0.2, 0.25) is 5.89 Å². The standard InChI is InChI=1S/C20H13BrN2O2/c21-17-8-4-3-7-16(17)19-23-18(20(24)25-19)12-22-15-10-9-13-5-1-2-6-14(13)11-15/h1-12,24H. The first-order valence-corrected chi connectivity index (χ1v) is 8.47. The number of aromatic hydroxyl groups is 1. The van der Waals surface area contributed by atoms with Gasteiger partial charge in [-0.25, -0.2) is 4.98 Å². The fourth-order valence-electron chi connectivity index (χ4n) is 2.55. The van der Waals surface area contributed by atoms with Crippen LogP contribution in [0.1, 0.15) is 5.69 Å². The van der Waals surface area contributed by atoms with Crippen LogP contribution in [-0.4, -0.2) is 16.3 Å². The van der Waals surface area contributed by atoms with Crippen molar-refractivity contribution < 1.29 is 9.52 Å². The van der Waals surface area contributed by atoms with Crippen molar-refractivity contribution in [3.63, 3.8) is 0 Å². The van der Waals surface area contributed by atoms with Gasteiger partial charge in [-0.15, -0.1) is 0 Å². The quantitative estimate of drug-likeness (QED) is 0.454. The number of hydrogen-bond acceptors (Lipinski definition) is 4. The third kappa shape index (κ3) is 3.19. The molecule has 0 atom stereocenters. The minimum absolute atomic E-state index is 0.254. The van der Waals surface area contributed by atoms with Crippen LogP contribution in [0.15, 0.2) is 80.6 Å². The highest BCUT2D eigenvalue weighted by Crippen LogP contribution is 2.31. The van der Waals surface area contributed by atoms with Crippen LogP contribution < -0.4 is 0 Å². The van der Waals surface area contributed by atoms with E-state index in [1.165, 1.54) is 6.21 Å². The van der Waals surface area contributed by atoms with Crippen molar-refractivity contribution in [2.75, 3.05) is 0 Å². The third-order valence-corrected chi connectivity index (χ3v) is 4.50. The molecule has 0 aliphatic rings. The molecule has 3 aromatic carbocycles. The molecule has 0 saturated carbocycles. The summed E-state index contributed by atoms with van der Waals surface area (Å²) in [5, 5.41) is 12.3. The predicted octanol–water partition coefficient (Wildman–Crippen LogP) is 5.71. The van der Waals surface area contributed by atoms with Crippen LogP contribution in [0, 0.1) is 0 Å². The maximum absolute atomic E-state index is 10.00. The van der Waals surface area contributed by atoms with Gasteiger partial charge in [0.15, 0.2) is 5.69 Å². The summed E-state index contributed by atoms with van der Waals surface area (Å²) in [6, 6.07) is 21.5. The van der Waals surface area contributed by atoms with Gasteiger partial charge in [0.05, 0.1) is 17.5 Å². The van der Waals surface area contributed by atoms with Crippen LogP contribution in [0.3, 0.4) is 0 Å². The molecule has 0 aliphatic heterocycles. The summed E-state index contributed by atoms with van der Waals surface area (Å²) in [4.78, 5) is 8.72. The molecule has 4 nitrogen and oxygen atoms in total. The Morgan fingerprint density at radius 3 is 2.56 bits per heavy atom. The first-order chi connectivity index (χ1) is 12.2. The summed E-state index contributed by atoms with van der Waals surface area (Å²) in [7, 11) is 0. The van der Waals surface area contributed by atoms with Crippen LogP contribution in [-0.2, 0) is 0 Å². The Labute approximate surface area is 152 Å². The van der Waals surface area contributed by atoms with Crippen LogP contribution in [0.2, 0.25) is 0 Å². The molecule has 1 heterocycles. The van der Waals surface area contributed by atoms with Crippen molar-refractivity contribution in [2.24, 2.45) is 4.99 Å². The second-order valence-electron chi connectivity index (χ2n) is 5.48. The first kappa shape index (κ1) is 15.6. The highest BCUT2D eigenvalue weighted by atomic mass is 79.9. The van der Waals surface area contributed by atoms with E-state index >= 15 is 0 Å². The molecule has 1 N–H and O–H groups in total. The van der Waals surface area contributed by atoms with Crippen LogP contribution >= 0.6 is 15.9 Å². The van der Waals surface area contributed by atoms with Crippen molar-refractivity contribution in [2.45, 2.75) is 0 Å². The molecular weight excluding hydrogens is 380 g/mol. The Balaban J connectivity index is 1.66. The van der Waals surface area contributed by atoms with Gasteiger partial charge in [0.1, 0.15) is 0 Å². The van der Waals surface area contributed by atoms with Gasteiger partial charge in [-0.2, -0.15) is 0 Å². The summed E-state index contributed by atoms with van der Waals surface area (Å²) < 4.78 is 6.21. The van der Waals surface area contributed by atoms with Crippen molar-refractivity contribution in [1.82, 2.24) is 4.98 Å². The van der Waals surface area contributed by atoms with Crippen LogP contribution in [0.5, 0.6) is 5.95 Å². The van der Waals surface area contributed by atoms with Crippen LogP contribution in [0.4, 0.5) is 5.69 Å². The lowest BCUT2D eigenvalue weighted by Crippen LogP contribution is -1.83. The van der Waals surface area contributed by atoms with E-state index in [4.69, 9.17) is 4.42 Å². The van der Waals surface area contributed by atoms with Crippen LogP contribution in [0.25, 0.3) is 22.2 Å². The van der Waals surface area contributed by atoms with Crippen molar-refractivity contribution >= 4 is 38.6 Å². The zero-order valence-electron chi connectivity index (χ0n) is 13.1. The number of halogens is 1. The molecule has 0 amide bonds. The molecular formula is C20H13BrN2O2. The molecule has 0 radical (unpaired) electrons. The summed E-state index contributed by atoms with van der Waals surface area (Å²) in [6.07, 6.45) is 1.50. The lowest BCUT2D eigenvalue weighted by Gasteiger charge is -1.98. The zero-order valence-corrected chi connectivity index (χ0v) is 14.6. The van der Waals surface area contributed by atoms with Crippen molar-refractivity contribution in [3.05, 3.63) is 76.9 Å². The lowest BCUT2D eigenvalue weighted by molar-refractivity contribution is 0.337. The Morgan fingerprint density at radius 1 is 0.960 bits per heavy atom. The maximum atomic E-state index is 10.00. The SMILES string of the molecule is Oc1oc(-c2ccccc2Br)nc1C=Nc1ccc2ccccc2c1.